The predicted octanol–water partition coefficient (Wildman–Crippen LogP) is 2.22. The first kappa shape index (κ1) is 10.4. The SMILES string of the molecule is CCNCc1nnc(C2CCCS2)s1. The van der Waals surface area contributed by atoms with E-state index in [9.17, 15) is 0 Å². The molecule has 1 unspecified atom stereocenters. The zero-order valence-electron chi connectivity index (χ0n) is 8.32. The summed E-state index contributed by atoms with van der Waals surface area (Å²) in [6, 6.07) is 0. The van der Waals surface area contributed by atoms with Crippen molar-refractivity contribution in [3.8, 4) is 0 Å². The highest BCUT2D eigenvalue weighted by molar-refractivity contribution is 7.99. The predicted molar refractivity (Wildman–Crippen MR) is 61.7 cm³/mol. The molecule has 0 spiro atoms. The van der Waals surface area contributed by atoms with Crippen molar-refractivity contribution < 1.29 is 0 Å². The standard InChI is InChI=1S/C9H15N3S2/c1-2-10-6-8-11-12-9(14-8)7-4-3-5-13-7/h7,10H,2-6H2,1H3. The molecule has 14 heavy (non-hydrogen) atoms. The Morgan fingerprint density at radius 2 is 2.43 bits per heavy atom. The van der Waals surface area contributed by atoms with Crippen molar-refractivity contribution in [1.29, 1.82) is 0 Å². The van der Waals surface area contributed by atoms with Gasteiger partial charge in [-0.25, -0.2) is 0 Å². The lowest BCUT2D eigenvalue weighted by Crippen LogP contribution is -2.11. The van der Waals surface area contributed by atoms with Gasteiger partial charge in [0, 0.05) is 6.54 Å². The number of rotatable bonds is 4. The quantitative estimate of drug-likeness (QED) is 0.859. The number of aromatic nitrogens is 2. The van der Waals surface area contributed by atoms with Crippen LogP contribution in [-0.4, -0.2) is 22.5 Å². The van der Waals surface area contributed by atoms with E-state index >= 15 is 0 Å². The van der Waals surface area contributed by atoms with Crippen molar-refractivity contribution in [3.05, 3.63) is 10.0 Å². The minimum absolute atomic E-state index is 0.628. The molecule has 2 rings (SSSR count). The normalized spacial score (nSPS) is 21.6. The molecule has 0 aliphatic carbocycles. The maximum absolute atomic E-state index is 4.26. The molecule has 0 saturated carbocycles. The Hall–Kier alpha value is -0.130. The molecule has 1 aliphatic heterocycles. The molecule has 5 heteroatoms. The number of hydrogen-bond donors (Lipinski definition) is 1. The second-order valence-electron chi connectivity index (χ2n) is 3.32. The minimum atomic E-state index is 0.628. The topological polar surface area (TPSA) is 37.8 Å². The van der Waals surface area contributed by atoms with Gasteiger partial charge >= 0.3 is 0 Å². The molecule has 0 amide bonds. The van der Waals surface area contributed by atoms with Gasteiger partial charge in [-0.1, -0.05) is 18.3 Å². The summed E-state index contributed by atoms with van der Waals surface area (Å²) < 4.78 is 0. The molecule has 0 aromatic carbocycles. The van der Waals surface area contributed by atoms with Gasteiger partial charge in [-0.15, -0.1) is 10.2 Å². The summed E-state index contributed by atoms with van der Waals surface area (Å²) in [5.41, 5.74) is 0. The molecular formula is C9H15N3S2. The monoisotopic (exact) mass is 229 g/mol. The molecule has 1 saturated heterocycles. The number of nitrogens with one attached hydrogen (secondary N) is 1. The third-order valence-electron chi connectivity index (χ3n) is 2.21. The van der Waals surface area contributed by atoms with E-state index in [0.717, 1.165) is 18.1 Å². The number of nitrogens with zero attached hydrogens (tertiary/aromatic N) is 2. The molecule has 1 N–H and O–H groups in total. The van der Waals surface area contributed by atoms with Crippen LogP contribution in [-0.2, 0) is 6.54 Å². The Balaban J connectivity index is 1.94. The van der Waals surface area contributed by atoms with Crippen LogP contribution in [0.4, 0.5) is 0 Å². The summed E-state index contributed by atoms with van der Waals surface area (Å²) >= 11 is 3.78. The Labute approximate surface area is 92.7 Å². The average Bonchev–Trinajstić information content (AvgIpc) is 2.85. The van der Waals surface area contributed by atoms with Crippen molar-refractivity contribution in [1.82, 2.24) is 15.5 Å². The third kappa shape index (κ3) is 2.46. The van der Waals surface area contributed by atoms with Crippen LogP contribution < -0.4 is 5.32 Å². The summed E-state index contributed by atoms with van der Waals surface area (Å²) in [7, 11) is 0. The fourth-order valence-electron chi connectivity index (χ4n) is 1.47. The third-order valence-corrected chi connectivity index (χ3v) is 4.79. The molecule has 1 aromatic heterocycles. The van der Waals surface area contributed by atoms with Crippen molar-refractivity contribution in [3.63, 3.8) is 0 Å². The zero-order chi connectivity index (χ0) is 9.80. The van der Waals surface area contributed by atoms with Gasteiger partial charge in [0.1, 0.15) is 10.0 Å². The highest BCUT2D eigenvalue weighted by atomic mass is 32.2. The Morgan fingerprint density at radius 1 is 1.50 bits per heavy atom. The van der Waals surface area contributed by atoms with Crippen molar-refractivity contribution in [2.45, 2.75) is 31.6 Å². The molecule has 0 radical (unpaired) electrons. The van der Waals surface area contributed by atoms with Crippen LogP contribution in [0.25, 0.3) is 0 Å². The first-order valence-electron chi connectivity index (χ1n) is 5.04. The molecule has 1 atom stereocenters. The van der Waals surface area contributed by atoms with Crippen LogP contribution in [0.3, 0.4) is 0 Å². The average molecular weight is 229 g/mol. The lowest BCUT2D eigenvalue weighted by molar-refractivity contribution is 0.713. The molecule has 0 bridgehead atoms. The molecular weight excluding hydrogens is 214 g/mol. The second-order valence-corrected chi connectivity index (χ2v) is 5.72. The maximum Gasteiger partial charge on any atom is 0.131 e. The van der Waals surface area contributed by atoms with Gasteiger partial charge in [-0.05, 0) is 25.1 Å². The van der Waals surface area contributed by atoms with Gasteiger partial charge in [0.05, 0.1) is 5.25 Å². The molecule has 1 fully saturated rings. The lowest BCUT2D eigenvalue weighted by atomic mass is 10.3. The lowest BCUT2D eigenvalue weighted by Gasteiger charge is -2.00. The van der Waals surface area contributed by atoms with Crippen LogP contribution in [0.2, 0.25) is 0 Å². The van der Waals surface area contributed by atoms with Crippen molar-refractivity contribution in [2.75, 3.05) is 12.3 Å². The van der Waals surface area contributed by atoms with E-state index in [1.165, 1.54) is 23.6 Å². The Kier molecular flexibility index (Phi) is 3.78. The van der Waals surface area contributed by atoms with Crippen LogP contribution in [0, 0.1) is 0 Å². The van der Waals surface area contributed by atoms with Gasteiger partial charge in [0.15, 0.2) is 0 Å². The van der Waals surface area contributed by atoms with E-state index in [2.05, 4.69) is 22.4 Å². The Morgan fingerprint density at radius 3 is 3.14 bits per heavy atom. The molecule has 78 valence electrons. The molecule has 1 aromatic rings. The van der Waals surface area contributed by atoms with Gasteiger partial charge in [0.25, 0.3) is 0 Å². The van der Waals surface area contributed by atoms with E-state index in [-0.39, 0.29) is 0 Å². The van der Waals surface area contributed by atoms with Crippen molar-refractivity contribution >= 4 is 23.1 Å². The summed E-state index contributed by atoms with van der Waals surface area (Å²) in [5, 5.41) is 14.7. The van der Waals surface area contributed by atoms with Gasteiger partial charge in [-0.2, -0.15) is 11.8 Å². The molecule has 2 heterocycles. The number of hydrogen-bond acceptors (Lipinski definition) is 5. The molecule has 1 aliphatic rings. The summed E-state index contributed by atoms with van der Waals surface area (Å²) in [6.07, 6.45) is 2.61. The zero-order valence-corrected chi connectivity index (χ0v) is 9.96. The van der Waals surface area contributed by atoms with Gasteiger partial charge in [-0.3, -0.25) is 0 Å². The summed E-state index contributed by atoms with van der Waals surface area (Å²) in [4.78, 5) is 0. The first-order chi connectivity index (χ1) is 6.90. The van der Waals surface area contributed by atoms with Crippen molar-refractivity contribution in [2.24, 2.45) is 0 Å². The van der Waals surface area contributed by atoms with Gasteiger partial charge < -0.3 is 5.32 Å². The van der Waals surface area contributed by atoms with Crippen LogP contribution in [0.15, 0.2) is 0 Å². The van der Waals surface area contributed by atoms with Gasteiger partial charge in [0.2, 0.25) is 0 Å². The number of thioether (sulfide) groups is 1. The van der Waals surface area contributed by atoms with E-state index < -0.39 is 0 Å². The molecule has 3 nitrogen and oxygen atoms in total. The second kappa shape index (κ2) is 5.09. The van der Waals surface area contributed by atoms with E-state index in [1.807, 2.05) is 11.8 Å². The minimum Gasteiger partial charge on any atom is -0.311 e. The van der Waals surface area contributed by atoms with Crippen LogP contribution in [0.1, 0.15) is 35.0 Å². The highest BCUT2D eigenvalue weighted by Gasteiger charge is 2.21. The van der Waals surface area contributed by atoms with E-state index in [1.54, 1.807) is 11.3 Å². The summed E-state index contributed by atoms with van der Waals surface area (Å²) in [5.74, 6) is 1.28. The highest BCUT2D eigenvalue weighted by Crippen LogP contribution is 2.40. The van der Waals surface area contributed by atoms with E-state index in [4.69, 9.17) is 0 Å². The van der Waals surface area contributed by atoms with Crippen LogP contribution in [0.5, 0.6) is 0 Å². The first-order valence-corrected chi connectivity index (χ1v) is 6.91. The fraction of sp³-hybridized carbons (Fsp3) is 0.778. The largest absolute Gasteiger partial charge is 0.311 e. The van der Waals surface area contributed by atoms with E-state index in [0.29, 0.717) is 5.25 Å². The fourth-order valence-corrected chi connectivity index (χ4v) is 3.79. The smallest absolute Gasteiger partial charge is 0.131 e. The summed E-state index contributed by atoms with van der Waals surface area (Å²) in [6.45, 7) is 3.97. The maximum atomic E-state index is 4.26. The Bertz CT molecular complexity index is 281. The van der Waals surface area contributed by atoms with Crippen LogP contribution >= 0.6 is 23.1 Å².